The molecule has 4 saturated heterocycles. The third-order valence-electron chi connectivity index (χ3n) is 15.0. The Bertz CT molecular complexity index is 2370. The Kier molecular flexibility index (Phi) is 19.8. The van der Waals surface area contributed by atoms with E-state index >= 15 is 0 Å². The molecule has 15 nitrogen and oxygen atoms in total. The lowest BCUT2D eigenvalue weighted by molar-refractivity contribution is -0.142. The summed E-state index contributed by atoms with van der Waals surface area (Å²) in [5.74, 6) is 1.37. The van der Waals surface area contributed by atoms with Crippen molar-refractivity contribution in [1.82, 2.24) is 46.1 Å². The molecule has 0 spiro atoms. The molecule has 19 heteroatoms. The zero-order valence-electron chi connectivity index (χ0n) is 43.8. The molecule has 5 heterocycles. The van der Waals surface area contributed by atoms with Gasteiger partial charge in [-0.15, -0.1) is 28.6 Å². The van der Waals surface area contributed by atoms with Crippen molar-refractivity contribution in [3.63, 3.8) is 0 Å². The third-order valence-corrected chi connectivity index (χ3v) is 18.5. The van der Waals surface area contributed by atoms with Gasteiger partial charge in [0.05, 0.1) is 58.8 Å². The Balaban J connectivity index is 0.920. The topological polar surface area (TPSA) is 172 Å². The maximum atomic E-state index is 14.5. The highest BCUT2D eigenvalue weighted by atomic mass is 32.2. The highest BCUT2D eigenvalue weighted by Gasteiger charge is 2.56. The summed E-state index contributed by atoms with van der Waals surface area (Å²) in [5.41, 5.74) is 1.54. The maximum Gasteiger partial charge on any atom is 0.246 e. The summed E-state index contributed by atoms with van der Waals surface area (Å²) in [7, 11) is 0. The lowest BCUT2D eigenvalue weighted by Crippen LogP contribution is -2.57. The van der Waals surface area contributed by atoms with Crippen LogP contribution in [0.5, 0.6) is 0 Å². The van der Waals surface area contributed by atoms with Crippen molar-refractivity contribution < 1.29 is 28.7 Å². The summed E-state index contributed by atoms with van der Waals surface area (Å²) in [6.07, 6.45) is 6.98. The standard InChI is InChI=1S/C54H77N9O6S4/c1-9-34(3)49(70)57-39-22-26-72-43-28-53(5,6)45(62(43)51(39)66)47(64)55-41(36-18-13-11-14-19-36)32-68-25-17-24-61-30-38(59-60-61)31-69-33-42(37-20-15-12-16-21-37)56-48(65)46-54(7,8)29-44-63(46)52(67)40(23-27-73-44)58-50(71)35(4)10-2/h11-16,18-21,30,34-35,39-46H,9-10,17,22-29,31-33H2,1-8H3,(H,55,64)(H,56,65)(H,57,70)(H,58,71)/t34-,35-,39+,40+,41-,42-,43+,44+,45-,46-/m1/s1. The number of benzene rings is 2. The fourth-order valence-electron chi connectivity index (χ4n) is 10.3. The van der Waals surface area contributed by atoms with Gasteiger partial charge in [-0.2, -0.15) is 0 Å². The minimum absolute atomic E-state index is 0.0686. The second-order valence-corrected chi connectivity index (χ2v) is 25.0. The first-order chi connectivity index (χ1) is 34.9. The number of fused-ring (bicyclic) bond motifs is 2. The number of nitrogens with one attached hydrogen (secondary N) is 4. The third kappa shape index (κ3) is 14.0. The van der Waals surface area contributed by atoms with Gasteiger partial charge in [-0.25, -0.2) is 0 Å². The molecule has 4 aliphatic rings. The summed E-state index contributed by atoms with van der Waals surface area (Å²) in [5, 5.41) is 21.8. The predicted molar refractivity (Wildman–Crippen MR) is 298 cm³/mol. The van der Waals surface area contributed by atoms with Crippen molar-refractivity contribution in [1.29, 1.82) is 0 Å². The number of ether oxygens (including phenoxy) is 2. The van der Waals surface area contributed by atoms with Crippen LogP contribution in [0, 0.1) is 22.7 Å². The van der Waals surface area contributed by atoms with Crippen LogP contribution in [0.2, 0.25) is 0 Å². The minimum atomic E-state index is -0.672. The summed E-state index contributed by atoms with van der Waals surface area (Å²) in [4.78, 5) is 62.5. The van der Waals surface area contributed by atoms with Gasteiger partial charge in [0.1, 0.15) is 29.9 Å². The van der Waals surface area contributed by atoms with E-state index < -0.39 is 47.1 Å². The van der Waals surface area contributed by atoms with Gasteiger partial charge in [0.15, 0.2) is 0 Å². The number of aromatic nitrogens is 3. The molecule has 7 rings (SSSR count). The van der Waals surface area contributed by atoms with Crippen LogP contribution in [0.4, 0.5) is 0 Å². The molecule has 4 fully saturated rings. The molecule has 3 aromatic rings. The smallest absolute Gasteiger partial charge is 0.246 e. The first kappa shape index (κ1) is 56.6. The lowest BCUT2D eigenvalue weighted by atomic mass is 9.83. The minimum Gasteiger partial charge on any atom is -0.379 e. The number of carbonyl (C=O) groups excluding carboxylic acids is 4. The molecule has 0 unspecified atom stereocenters. The van der Waals surface area contributed by atoms with Gasteiger partial charge in [-0.3, -0.25) is 23.9 Å². The highest BCUT2D eigenvalue weighted by molar-refractivity contribution is 8.00. The van der Waals surface area contributed by atoms with Gasteiger partial charge < -0.3 is 40.5 Å². The van der Waals surface area contributed by atoms with Crippen molar-refractivity contribution in [3.05, 3.63) is 83.7 Å². The Morgan fingerprint density at radius 2 is 1.18 bits per heavy atom. The second-order valence-electron chi connectivity index (χ2n) is 21.5. The largest absolute Gasteiger partial charge is 0.379 e. The van der Waals surface area contributed by atoms with Gasteiger partial charge in [0, 0.05) is 25.0 Å². The van der Waals surface area contributed by atoms with Crippen molar-refractivity contribution in [2.24, 2.45) is 22.7 Å². The van der Waals surface area contributed by atoms with Gasteiger partial charge in [0.2, 0.25) is 23.6 Å². The number of carbonyl (C=O) groups is 4. The molecular weight excluding hydrogens is 999 g/mol. The number of thioether (sulfide) groups is 2. The first-order valence-corrected chi connectivity index (χ1v) is 29.1. The normalized spacial score (nSPS) is 25.0. The molecule has 1 aromatic heterocycles. The van der Waals surface area contributed by atoms with E-state index in [2.05, 4.69) is 87.0 Å². The fraction of sp³-hybridized carbons (Fsp3) is 0.630. The molecule has 0 radical (unpaired) electrons. The number of amides is 4. The van der Waals surface area contributed by atoms with Crippen LogP contribution in [-0.2, 0) is 41.8 Å². The van der Waals surface area contributed by atoms with Crippen LogP contribution in [0.3, 0.4) is 0 Å². The fourth-order valence-corrected chi connectivity index (χ4v) is 14.1. The molecule has 0 aliphatic carbocycles. The summed E-state index contributed by atoms with van der Waals surface area (Å²) >= 11 is 14.8. The van der Waals surface area contributed by atoms with Crippen LogP contribution in [0.15, 0.2) is 66.9 Å². The zero-order chi connectivity index (χ0) is 52.5. The molecule has 0 bridgehead atoms. The molecule has 398 valence electrons. The Morgan fingerprint density at radius 3 is 1.63 bits per heavy atom. The van der Waals surface area contributed by atoms with Crippen LogP contribution in [0.25, 0.3) is 0 Å². The Labute approximate surface area is 451 Å². The average molecular weight is 1080 g/mol. The van der Waals surface area contributed by atoms with Crippen LogP contribution in [-0.4, -0.2) is 125 Å². The monoisotopic (exact) mass is 1080 g/mol. The van der Waals surface area contributed by atoms with E-state index in [-0.39, 0.29) is 66.0 Å². The van der Waals surface area contributed by atoms with Gasteiger partial charge in [0.25, 0.3) is 0 Å². The zero-order valence-corrected chi connectivity index (χ0v) is 47.1. The molecule has 4 amide bonds. The van der Waals surface area contributed by atoms with E-state index in [9.17, 15) is 19.2 Å². The number of nitrogens with zero attached hydrogens (tertiary/aromatic N) is 5. The molecule has 10 atom stereocenters. The van der Waals surface area contributed by atoms with Crippen LogP contribution < -0.4 is 21.3 Å². The van der Waals surface area contributed by atoms with Gasteiger partial charge in [-0.1, -0.05) is 146 Å². The second kappa shape index (κ2) is 25.6. The molecule has 4 aliphatic heterocycles. The molecular formula is C54H77N9O6S4. The quantitative estimate of drug-likeness (QED) is 0.0569. The van der Waals surface area contributed by atoms with Crippen molar-refractivity contribution >= 4 is 81.6 Å². The predicted octanol–water partition coefficient (Wildman–Crippen LogP) is 7.76. The number of hydrogen-bond donors (Lipinski definition) is 4. The van der Waals surface area contributed by atoms with Gasteiger partial charge >= 0.3 is 0 Å². The van der Waals surface area contributed by atoms with E-state index in [0.717, 1.165) is 41.9 Å². The highest BCUT2D eigenvalue weighted by Crippen LogP contribution is 2.48. The van der Waals surface area contributed by atoms with Crippen LogP contribution in [0.1, 0.15) is 129 Å². The van der Waals surface area contributed by atoms with Gasteiger partial charge in [-0.05, 0) is 78.4 Å². The Hall–Kier alpha value is -4.14. The van der Waals surface area contributed by atoms with E-state index in [1.807, 2.05) is 76.7 Å². The molecule has 4 N–H and O–H groups in total. The number of rotatable bonds is 22. The van der Waals surface area contributed by atoms with Crippen molar-refractivity contribution in [2.75, 3.05) is 31.3 Å². The SMILES string of the molecule is CC[C@@H](C)C(=S)N[C@H]1CCS[C@H]2CC(C)(C)[C@@H](C(=O)N[C@H](COCCCn3cc(COC[C@@H](NC(=O)[C@H]4N5C(=O)[C@@H](NC(=S)[C@H](C)CC)CCS[C@H]5CC4(C)C)c4ccccc4)nn3)c3ccccc3)N2C1=O. The van der Waals surface area contributed by atoms with E-state index in [0.29, 0.717) is 54.5 Å². The summed E-state index contributed by atoms with van der Waals surface area (Å²) in [6, 6.07) is 16.4. The average Bonchev–Trinajstić information content (AvgIpc) is 3.96. The maximum absolute atomic E-state index is 14.5. The first-order valence-electron chi connectivity index (χ1n) is 26.2. The lowest BCUT2D eigenvalue weighted by Gasteiger charge is -2.35. The molecule has 73 heavy (non-hydrogen) atoms. The Morgan fingerprint density at radius 1 is 0.726 bits per heavy atom. The number of aryl methyl sites for hydroxylation is 1. The number of hydrogen-bond acceptors (Lipinski definition) is 12. The van der Waals surface area contributed by atoms with Crippen molar-refractivity contribution in [3.8, 4) is 0 Å². The van der Waals surface area contributed by atoms with E-state index in [4.69, 9.17) is 33.9 Å². The summed E-state index contributed by atoms with van der Waals surface area (Å²) < 4.78 is 14.3. The van der Waals surface area contributed by atoms with Crippen LogP contribution >= 0.6 is 48.0 Å². The molecule has 0 saturated carbocycles. The van der Waals surface area contributed by atoms with E-state index in [1.54, 1.807) is 28.2 Å². The van der Waals surface area contributed by atoms with Crippen molar-refractivity contribution in [2.45, 2.75) is 160 Å². The number of thiocarbonyl (C=S) groups is 2. The van der Waals surface area contributed by atoms with E-state index in [1.165, 1.54) is 0 Å². The summed E-state index contributed by atoms with van der Waals surface area (Å²) in [6.45, 7) is 18.2. The molecule has 2 aromatic carbocycles.